The number of carbonyl (C=O) groups is 2. The second-order valence-electron chi connectivity index (χ2n) is 10.4. The summed E-state index contributed by atoms with van der Waals surface area (Å²) >= 11 is 0. The number of aryl methyl sites for hydroxylation is 4. The topological polar surface area (TPSA) is 86.8 Å². The van der Waals surface area contributed by atoms with Crippen molar-refractivity contribution in [1.82, 2.24) is 10.2 Å². The Morgan fingerprint density at radius 1 is 0.850 bits per heavy atom. The van der Waals surface area contributed by atoms with Gasteiger partial charge in [0.05, 0.1) is 10.6 Å². The van der Waals surface area contributed by atoms with Crippen LogP contribution in [0.4, 0.5) is 5.69 Å². The molecule has 0 bridgehead atoms. The zero-order valence-electron chi connectivity index (χ0n) is 24.4. The van der Waals surface area contributed by atoms with Gasteiger partial charge in [-0.2, -0.15) is 0 Å². The lowest BCUT2D eigenvalue weighted by Gasteiger charge is -2.32. The number of sulfonamides is 1. The van der Waals surface area contributed by atoms with Crippen molar-refractivity contribution in [3.05, 3.63) is 94.5 Å². The van der Waals surface area contributed by atoms with E-state index in [2.05, 4.69) is 5.32 Å². The predicted molar refractivity (Wildman–Crippen MR) is 161 cm³/mol. The quantitative estimate of drug-likeness (QED) is 0.297. The SMILES string of the molecule is CCCCNC(=O)[C@@H](C)N(Cc1ccc(C)cc1)C(=O)CN(c1ccc(C)cc1C)S(=O)(=O)c1ccc(C)cc1. The zero-order valence-corrected chi connectivity index (χ0v) is 25.2. The Labute approximate surface area is 239 Å². The molecule has 2 amide bonds. The van der Waals surface area contributed by atoms with Crippen LogP contribution in [0.15, 0.2) is 71.6 Å². The molecule has 0 fully saturated rings. The molecule has 40 heavy (non-hydrogen) atoms. The number of nitrogens with one attached hydrogen (secondary N) is 1. The largest absolute Gasteiger partial charge is 0.354 e. The van der Waals surface area contributed by atoms with Crippen LogP contribution in [0.2, 0.25) is 0 Å². The lowest BCUT2D eigenvalue weighted by atomic mass is 10.1. The molecule has 1 atom stereocenters. The summed E-state index contributed by atoms with van der Waals surface area (Å²) in [6, 6.07) is 19.0. The molecule has 1 N–H and O–H groups in total. The molecule has 7 nitrogen and oxygen atoms in total. The van der Waals surface area contributed by atoms with Crippen molar-refractivity contribution in [1.29, 1.82) is 0 Å². The highest BCUT2D eigenvalue weighted by Crippen LogP contribution is 2.28. The van der Waals surface area contributed by atoms with Gasteiger partial charge in [0.1, 0.15) is 12.6 Å². The summed E-state index contributed by atoms with van der Waals surface area (Å²) in [7, 11) is -4.09. The summed E-state index contributed by atoms with van der Waals surface area (Å²) in [5.74, 6) is -0.734. The van der Waals surface area contributed by atoms with Gasteiger partial charge in [-0.25, -0.2) is 8.42 Å². The molecule has 0 radical (unpaired) electrons. The van der Waals surface area contributed by atoms with E-state index in [1.165, 1.54) is 9.21 Å². The van der Waals surface area contributed by atoms with Crippen molar-refractivity contribution >= 4 is 27.5 Å². The second kappa shape index (κ2) is 13.6. The standard InChI is InChI=1S/C32H41N3O4S/c1-7-8-19-33-32(37)27(6)34(21-28-14-9-23(2)10-15-28)31(36)22-35(30-18-13-25(4)20-26(30)5)40(38,39)29-16-11-24(3)12-17-29/h9-18,20,27H,7-8,19,21-22H2,1-6H3,(H,33,37)/t27-/m1/s1. The smallest absolute Gasteiger partial charge is 0.264 e. The van der Waals surface area contributed by atoms with Gasteiger partial charge < -0.3 is 10.2 Å². The second-order valence-corrected chi connectivity index (χ2v) is 12.3. The molecular formula is C32H41N3O4S. The van der Waals surface area contributed by atoms with E-state index in [0.717, 1.165) is 40.7 Å². The molecule has 0 aliphatic heterocycles. The summed E-state index contributed by atoms with van der Waals surface area (Å²) in [6.07, 6.45) is 1.77. The molecule has 214 valence electrons. The lowest BCUT2D eigenvalue weighted by molar-refractivity contribution is -0.139. The normalized spacial score (nSPS) is 12.1. The fourth-order valence-electron chi connectivity index (χ4n) is 4.44. The molecule has 0 aliphatic carbocycles. The number of hydrogen-bond donors (Lipinski definition) is 1. The van der Waals surface area contributed by atoms with E-state index in [4.69, 9.17) is 0 Å². The third-order valence-electron chi connectivity index (χ3n) is 6.98. The van der Waals surface area contributed by atoms with E-state index in [-0.39, 0.29) is 17.3 Å². The lowest BCUT2D eigenvalue weighted by Crippen LogP contribution is -2.51. The van der Waals surface area contributed by atoms with Crippen molar-refractivity contribution in [3.63, 3.8) is 0 Å². The van der Waals surface area contributed by atoms with Crippen LogP contribution in [0.5, 0.6) is 0 Å². The van der Waals surface area contributed by atoms with Crippen molar-refractivity contribution in [2.45, 2.75) is 71.9 Å². The van der Waals surface area contributed by atoms with Crippen molar-refractivity contribution in [3.8, 4) is 0 Å². The van der Waals surface area contributed by atoms with E-state index in [9.17, 15) is 18.0 Å². The van der Waals surface area contributed by atoms with Gasteiger partial charge in [-0.15, -0.1) is 0 Å². The number of amides is 2. The number of anilines is 1. The maximum Gasteiger partial charge on any atom is 0.264 e. The average Bonchev–Trinajstić information content (AvgIpc) is 2.91. The van der Waals surface area contributed by atoms with Crippen LogP contribution in [0.1, 0.15) is 54.5 Å². The van der Waals surface area contributed by atoms with Gasteiger partial charge in [-0.1, -0.05) is 78.6 Å². The van der Waals surface area contributed by atoms with Gasteiger partial charge in [0.15, 0.2) is 0 Å². The summed E-state index contributed by atoms with van der Waals surface area (Å²) in [6.45, 7) is 11.6. The molecule has 3 aromatic carbocycles. The molecule has 0 aliphatic rings. The van der Waals surface area contributed by atoms with Gasteiger partial charge in [-0.3, -0.25) is 13.9 Å². The highest BCUT2D eigenvalue weighted by Gasteiger charge is 2.33. The summed E-state index contributed by atoms with van der Waals surface area (Å²) < 4.78 is 29.1. The number of nitrogens with zero attached hydrogens (tertiary/aromatic N) is 2. The van der Waals surface area contributed by atoms with E-state index in [1.807, 2.05) is 71.0 Å². The Bertz CT molecular complexity index is 1420. The minimum absolute atomic E-state index is 0.0984. The number of benzene rings is 3. The monoisotopic (exact) mass is 563 g/mol. The van der Waals surface area contributed by atoms with E-state index >= 15 is 0 Å². The number of rotatable bonds is 12. The van der Waals surface area contributed by atoms with E-state index in [1.54, 1.807) is 37.3 Å². The Morgan fingerprint density at radius 2 is 1.43 bits per heavy atom. The first-order chi connectivity index (χ1) is 18.9. The average molecular weight is 564 g/mol. The van der Waals surface area contributed by atoms with Crippen LogP contribution in [0.25, 0.3) is 0 Å². The maximum absolute atomic E-state index is 14.0. The molecule has 0 heterocycles. The Kier molecular flexibility index (Phi) is 10.5. The first-order valence-electron chi connectivity index (χ1n) is 13.7. The van der Waals surface area contributed by atoms with Crippen molar-refractivity contribution in [2.24, 2.45) is 0 Å². The first kappa shape index (κ1) is 30.9. The van der Waals surface area contributed by atoms with Crippen LogP contribution in [0.3, 0.4) is 0 Å². The van der Waals surface area contributed by atoms with Gasteiger partial charge in [0.25, 0.3) is 10.0 Å². The van der Waals surface area contributed by atoms with Gasteiger partial charge in [0, 0.05) is 13.1 Å². The first-order valence-corrected chi connectivity index (χ1v) is 15.2. The van der Waals surface area contributed by atoms with Gasteiger partial charge >= 0.3 is 0 Å². The molecule has 0 spiro atoms. The van der Waals surface area contributed by atoms with Crippen LogP contribution < -0.4 is 9.62 Å². The number of hydrogen-bond acceptors (Lipinski definition) is 4. The highest BCUT2D eigenvalue weighted by atomic mass is 32.2. The fourth-order valence-corrected chi connectivity index (χ4v) is 5.92. The molecule has 0 saturated carbocycles. The van der Waals surface area contributed by atoms with Crippen molar-refractivity contribution < 1.29 is 18.0 Å². The van der Waals surface area contributed by atoms with Crippen LogP contribution >= 0.6 is 0 Å². The number of unbranched alkanes of at least 4 members (excludes halogenated alkanes) is 1. The Hall–Kier alpha value is -3.65. The Balaban J connectivity index is 2.03. The third-order valence-corrected chi connectivity index (χ3v) is 8.75. The molecular weight excluding hydrogens is 522 g/mol. The van der Waals surface area contributed by atoms with Crippen LogP contribution in [-0.2, 0) is 26.2 Å². The molecule has 8 heteroatoms. The fraction of sp³-hybridized carbons (Fsp3) is 0.375. The van der Waals surface area contributed by atoms with Crippen LogP contribution in [-0.4, -0.2) is 44.3 Å². The predicted octanol–water partition coefficient (Wildman–Crippen LogP) is 5.45. The molecule has 0 aromatic heterocycles. The van der Waals surface area contributed by atoms with Gasteiger partial charge in [0.2, 0.25) is 11.8 Å². The zero-order chi connectivity index (χ0) is 29.4. The molecule has 0 saturated heterocycles. The minimum Gasteiger partial charge on any atom is -0.354 e. The van der Waals surface area contributed by atoms with Crippen LogP contribution in [0, 0.1) is 27.7 Å². The van der Waals surface area contributed by atoms with Gasteiger partial charge in [-0.05, 0) is 70.4 Å². The minimum atomic E-state index is -4.09. The summed E-state index contributed by atoms with van der Waals surface area (Å²) in [5, 5.41) is 2.91. The highest BCUT2D eigenvalue weighted by molar-refractivity contribution is 7.92. The van der Waals surface area contributed by atoms with E-state index in [0.29, 0.717) is 12.2 Å². The van der Waals surface area contributed by atoms with E-state index < -0.39 is 28.5 Å². The molecule has 3 aromatic rings. The molecule has 3 rings (SSSR count). The Morgan fingerprint density at radius 3 is 2.00 bits per heavy atom. The summed E-state index contributed by atoms with van der Waals surface area (Å²) in [5.41, 5.74) is 5.01. The number of carbonyl (C=O) groups excluding carboxylic acids is 2. The third kappa shape index (κ3) is 7.72. The maximum atomic E-state index is 14.0. The summed E-state index contributed by atoms with van der Waals surface area (Å²) in [4.78, 5) is 28.7. The molecule has 0 unspecified atom stereocenters. The van der Waals surface area contributed by atoms with Crippen molar-refractivity contribution in [2.75, 3.05) is 17.4 Å².